The van der Waals surface area contributed by atoms with Crippen LogP contribution in [0.4, 0.5) is 0 Å². The van der Waals surface area contributed by atoms with Gasteiger partial charge in [-0.05, 0) is 31.5 Å². The number of ether oxygens (including phenoxy) is 1. The van der Waals surface area contributed by atoms with E-state index >= 15 is 0 Å². The third kappa shape index (κ3) is 3.62. The zero-order valence-electron chi connectivity index (χ0n) is 10.7. The molecule has 0 spiro atoms. The summed E-state index contributed by atoms with van der Waals surface area (Å²) in [5.74, 6) is 0.730. The molecule has 1 rings (SSSR count). The second kappa shape index (κ2) is 6.43. The molecule has 1 unspecified atom stereocenters. The van der Waals surface area contributed by atoms with Gasteiger partial charge in [0.1, 0.15) is 5.75 Å². The van der Waals surface area contributed by atoms with Crippen LogP contribution in [0.25, 0.3) is 0 Å². The van der Waals surface area contributed by atoms with Gasteiger partial charge in [-0.15, -0.1) is 11.6 Å². The lowest BCUT2D eigenvalue weighted by molar-refractivity contribution is 0.0909. The summed E-state index contributed by atoms with van der Waals surface area (Å²) < 4.78 is 6.07. The molecule has 0 radical (unpaired) electrons. The summed E-state index contributed by atoms with van der Waals surface area (Å²) >= 11 is 9.23. The zero-order chi connectivity index (χ0) is 13.8. The summed E-state index contributed by atoms with van der Waals surface area (Å²) in [5, 5.41) is 2.94. The lowest BCUT2D eigenvalue weighted by atomic mass is 10.0. The van der Waals surface area contributed by atoms with Crippen molar-refractivity contribution in [3.8, 4) is 5.75 Å². The second-order valence-electron chi connectivity index (χ2n) is 4.35. The number of methoxy groups -OCH3 is 1. The number of carbonyl (C=O) groups excluding carboxylic acids is 1. The van der Waals surface area contributed by atoms with Crippen molar-refractivity contribution in [3.63, 3.8) is 0 Å². The first-order valence-electron chi connectivity index (χ1n) is 5.67. The van der Waals surface area contributed by atoms with Crippen LogP contribution in [0.1, 0.15) is 30.6 Å². The summed E-state index contributed by atoms with van der Waals surface area (Å²) in [6.07, 6.45) is 0.765. The molecule has 1 aromatic carbocycles. The summed E-state index contributed by atoms with van der Waals surface area (Å²) in [6.45, 7) is 3.91. The SMILES string of the molecule is CCC(C)(CCl)NC(=O)c1ccc(Br)cc1OC. The van der Waals surface area contributed by atoms with Gasteiger partial charge in [-0.1, -0.05) is 22.9 Å². The molecule has 0 aromatic heterocycles. The predicted octanol–water partition coefficient (Wildman–Crippen LogP) is 3.60. The van der Waals surface area contributed by atoms with Gasteiger partial charge in [0.05, 0.1) is 18.2 Å². The van der Waals surface area contributed by atoms with E-state index in [9.17, 15) is 4.79 Å². The number of hydrogen-bond donors (Lipinski definition) is 1. The van der Waals surface area contributed by atoms with Crippen LogP contribution >= 0.6 is 27.5 Å². The van der Waals surface area contributed by atoms with Crippen molar-refractivity contribution in [1.82, 2.24) is 5.32 Å². The van der Waals surface area contributed by atoms with Crippen molar-refractivity contribution in [2.75, 3.05) is 13.0 Å². The number of benzene rings is 1. The Balaban J connectivity index is 2.97. The lowest BCUT2D eigenvalue weighted by Crippen LogP contribution is -2.47. The van der Waals surface area contributed by atoms with E-state index in [0.717, 1.165) is 10.9 Å². The highest BCUT2D eigenvalue weighted by Gasteiger charge is 2.25. The predicted molar refractivity (Wildman–Crippen MR) is 77.6 cm³/mol. The van der Waals surface area contributed by atoms with Gasteiger partial charge in [0.2, 0.25) is 0 Å². The Kier molecular flexibility index (Phi) is 5.47. The van der Waals surface area contributed by atoms with E-state index in [-0.39, 0.29) is 5.91 Å². The third-order valence-corrected chi connectivity index (χ3v) is 3.98. The maximum atomic E-state index is 12.2. The monoisotopic (exact) mass is 333 g/mol. The maximum Gasteiger partial charge on any atom is 0.255 e. The Labute approximate surface area is 121 Å². The summed E-state index contributed by atoms with van der Waals surface area (Å²) in [6, 6.07) is 5.29. The molecule has 0 aliphatic carbocycles. The summed E-state index contributed by atoms with van der Waals surface area (Å²) in [4.78, 5) is 12.2. The molecule has 1 atom stereocenters. The zero-order valence-corrected chi connectivity index (χ0v) is 13.1. The minimum Gasteiger partial charge on any atom is -0.496 e. The summed E-state index contributed by atoms with van der Waals surface area (Å²) in [5.41, 5.74) is 0.0991. The fourth-order valence-electron chi connectivity index (χ4n) is 1.41. The van der Waals surface area contributed by atoms with Gasteiger partial charge in [0, 0.05) is 10.4 Å². The molecule has 3 nitrogen and oxygen atoms in total. The van der Waals surface area contributed by atoms with Gasteiger partial charge in [-0.3, -0.25) is 4.79 Å². The molecular formula is C13H17BrClNO2. The van der Waals surface area contributed by atoms with E-state index < -0.39 is 5.54 Å². The van der Waals surface area contributed by atoms with Crippen molar-refractivity contribution in [1.29, 1.82) is 0 Å². The molecule has 1 aromatic rings. The van der Waals surface area contributed by atoms with E-state index in [2.05, 4.69) is 21.2 Å². The molecule has 18 heavy (non-hydrogen) atoms. The first kappa shape index (κ1) is 15.3. The van der Waals surface area contributed by atoms with Crippen molar-refractivity contribution < 1.29 is 9.53 Å². The van der Waals surface area contributed by atoms with Crippen LogP contribution < -0.4 is 10.1 Å². The smallest absolute Gasteiger partial charge is 0.255 e. The topological polar surface area (TPSA) is 38.3 Å². The van der Waals surface area contributed by atoms with E-state index in [0.29, 0.717) is 17.2 Å². The van der Waals surface area contributed by atoms with Crippen LogP contribution in [-0.2, 0) is 0 Å². The second-order valence-corrected chi connectivity index (χ2v) is 5.53. The maximum absolute atomic E-state index is 12.2. The van der Waals surface area contributed by atoms with Crippen LogP contribution in [-0.4, -0.2) is 24.4 Å². The van der Waals surface area contributed by atoms with Crippen LogP contribution in [0.5, 0.6) is 5.75 Å². The van der Waals surface area contributed by atoms with E-state index in [1.165, 1.54) is 0 Å². The van der Waals surface area contributed by atoms with Crippen molar-refractivity contribution >= 4 is 33.4 Å². The Morgan fingerprint density at radius 3 is 2.72 bits per heavy atom. The molecule has 0 saturated carbocycles. The van der Waals surface area contributed by atoms with Gasteiger partial charge < -0.3 is 10.1 Å². The number of carbonyl (C=O) groups is 1. The highest BCUT2D eigenvalue weighted by molar-refractivity contribution is 9.10. The number of hydrogen-bond acceptors (Lipinski definition) is 2. The van der Waals surface area contributed by atoms with Crippen molar-refractivity contribution in [2.24, 2.45) is 0 Å². The number of amides is 1. The molecular weight excluding hydrogens is 318 g/mol. The molecule has 0 heterocycles. The van der Waals surface area contributed by atoms with Crippen LogP contribution in [0.2, 0.25) is 0 Å². The Bertz CT molecular complexity index is 433. The number of nitrogens with one attached hydrogen (secondary N) is 1. The quantitative estimate of drug-likeness (QED) is 0.836. The van der Waals surface area contributed by atoms with Gasteiger partial charge in [0.25, 0.3) is 5.91 Å². The molecule has 0 aliphatic rings. The Morgan fingerprint density at radius 2 is 2.22 bits per heavy atom. The first-order valence-corrected chi connectivity index (χ1v) is 7.00. The normalized spacial score (nSPS) is 13.8. The molecule has 0 saturated heterocycles. The summed E-state index contributed by atoms with van der Waals surface area (Å²) in [7, 11) is 1.54. The molecule has 100 valence electrons. The minimum atomic E-state index is -0.406. The Hall–Kier alpha value is -0.740. The Morgan fingerprint density at radius 1 is 1.56 bits per heavy atom. The van der Waals surface area contributed by atoms with Gasteiger partial charge in [0.15, 0.2) is 0 Å². The standard InChI is InChI=1S/C13H17BrClNO2/c1-4-13(2,8-15)16-12(17)10-6-5-9(14)7-11(10)18-3/h5-7H,4,8H2,1-3H3,(H,16,17). The van der Waals surface area contributed by atoms with E-state index in [1.807, 2.05) is 13.8 Å². The van der Waals surface area contributed by atoms with Crippen LogP contribution in [0, 0.1) is 0 Å². The fraction of sp³-hybridized carbons (Fsp3) is 0.462. The number of alkyl halides is 1. The fourth-order valence-corrected chi connectivity index (χ4v) is 2.01. The average Bonchev–Trinajstić information content (AvgIpc) is 2.38. The number of halogens is 2. The van der Waals surface area contributed by atoms with Crippen LogP contribution in [0.3, 0.4) is 0 Å². The third-order valence-electron chi connectivity index (χ3n) is 2.90. The van der Waals surface area contributed by atoms with Crippen molar-refractivity contribution in [2.45, 2.75) is 25.8 Å². The molecule has 0 bridgehead atoms. The number of rotatable bonds is 5. The van der Waals surface area contributed by atoms with Gasteiger partial charge in [-0.2, -0.15) is 0 Å². The minimum absolute atomic E-state index is 0.177. The highest BCUT2D eigenvalue weighted by atomic mass is 79.9. The molecule has 0 aliphatic heterocycles. The molecule has 5 heteroatoms. The van der Waals surface area contributed by atoms with E-state index in [4.69, 9.17) is 16.3 Å². The first-order chi connectivity index (χ1) is 8.45. The van der Waals surface area contributed by atoms with E-state index in [1.54, 1.807) is 25.3 Å². The molecule has 1 N–H and O–H groups in total. The molecule has 1 amide bonds. The molecule has 0 fully saturated rings. The van der Waals surface area contributed by atoms with Crippen LogP contribution in [0.15, 0.2) is 22.7 Å². The largest absolute Gasteiger partial charge is 0.496 e. The van der Waals surface area contributed by atoms with Crippen molar-refractivity contribution in [3.05, 3.63) is 28.2 Å². The van der Waals surface area contributed by atoms with Gasteiger partial charge >= 0.3 is 0 Å². The average molecular weight is 335 g/mol. The van der Waals surface area contributed by atoms with Gasteiger partial charge in [-0.25, -0.2) is 0 Å². The highest BCUT2D eigenvalue weighted by Crippen LogP contribution is 2.24. The lowest BCUT2D eigenvalue weighted by Gasteiger charge is -2.27.